The van der Waals surface area contributed by atoms with Crippen LogP contribution in [0.4, 0.5) is 0 Å². The van der Waals surface area contributed by atoms with Gasteiger partial charge in [-0.05, 0) is 18.9 Å². The number of hydrogen-bond acceptors (Lipinski definition) is 4. The van der Waals surface area contributed by atoms with Crippen molar-refractivity contribution < 1.29 is 8.42 Å². The molecule has 0 aromatic carbocycles. The fraction of sp³-hybridized carbons (Fsp3) is 0.538. The maximum absolute atomic E-state index is 12.7. The highest BCUT2D eigenvalue weighted by molar-refractivity contribution is 7.89. The lowest BCUT2D eigenvalue weighted by atomic mass is 9.80. The number of H-pyrrole nitrogens is 1. The summed E-state index contributed by atoms with van der Waals surface area (Å²) in [5, 5.41) is 7.06. The highest BCUT2D eigenvalue weighted by atomic mass is 32.2. The molecule has 2 aromatic rings. The lowest BCUT2D eigenvalue weighted by molar-refractivity contribution is 0.235. The Kier molecular flexibility index (Phi) is 3.37. The van der Waals surface area contributed by atoms with Crippen molar-refractivity contribution in [2.45, 2.75) is 30.2 Å². The molecule has 1 atom stereocenters. The van der Waals surface area contributed by atoms with Gasteiger partial charge in [0.25, 0.3) is 10.0 Å². The second kappa shape index (κ2) is 4.96. The van der Waals surface area contributed by atoms with Crippen LogP contribution in [0.5, 0.6) is 0 Å². The fourth-order valence-corrected chi connectivity index (χ4v) is 4.43. The number of piperidine rings is 1. The largest absolute Gasteiger partial charge is 0.339 e. The molecule has 0 bridgehead atoms. The van der Waals surface area contributed by atoms with Gasteiger partial charge in [-0.15, -0.1) is 0 Å². The molecule has 8 heteroatoms. The van der Waals surface area contributed by atoms with Gasteiger partial charge in [-0.25, -0.2) is 13.4 Å². The molecule has 3 rings (SSSR count). The Balaban J connectivity index is 1.90. The predicted octanol–water partition coefficient (Wildman–Crippen LogP) is 0.886. The number of hydrogen-bond donors (Lipinski definition) is 1. The molecule has 0 aliphatic carbocycles. The highest BCUT2D eigenvalue weighted by Crippen LogP contribution is 2.34. The van der Waals surface area contributed by atoms with Crippen LogP contribution in [-0.2, 0) is 22.5 Å². The molecule has 0 spiro atoms. The molecule has 7 nitrogen and oxygen atoms in total. The molecular formula is C13H19N5O2S. The first-order chi connectivity index (χ1) is 9.92. The van der Waals surface area contributed by atoms with E-state index < -0.39 is 10.0 Å². The molecule has 114 valence electrons. The van der Waals surface area contributed by atoms with Crippen molar-refractivity contribution in [2.24, 2.45) is 7.05 Å². The van der Waals surface area contributed by atoms with Crippen molar-refractivity contribution in [1.82, 2.24) is 24.1 Å². The van der Waals surface area contributed by atoms with Gasteiger partial charge in [-0.3, -0.25) is 5.10 Å². The van der Waals surface area contributed by atoms with E-state index in [0.717, 1.165) is 18.5 Å². The van der Waals surface area contributed by atoms with E-state index in [0.29, 0.717) is 13.1 Å². The van der Waals surface area contributed by atoms with Crippen LogP contribution in [0.25, 0.3) is 0 Å². The second-order valence-corrected chi connectivity index (χ2v) is 7.74. The molecule has 1 aliphatic heterocycles. The summed E-state index contributed by atoms with van der Waals surface area (Å²) in [6, 6.07) is 1.91. The number of nitrogens with one attached hydrogen (secondary N) is 1. The zero-order valence-electron chi connectivity index (χ0n) is 12.2. The smallest absolute Gasteiger partial charge is 0.262 e. The van der Waals surface area contributed by atoms with Gasteiger partial charge < -0.3 is 4.57 Å². The summed E-state index contributed by atoms with van der Waals surface area (Å²) in [5.41, 5.74) is 0.736. The Hall–Kier alpha value is -1.67. The number of aromatic nitrogens is 4. The van der Waals surface area contributed by atoms with Gasteiger partial charge in [-0.1, -0.05) is 6.92 Å². The molecular weight excluding hydrogens is 290 g/mol. The number of rotatable bonds is 3. The fourth-order valence-electron chi connectivity index (χ4n) is 2.86. The average molecular weight is 309 g/mol. The maximum atomic E-state index is 12.7. The third kappa shape index (κ3) is 2.49. The monoisotopic (exact) mass is 309 g/mol. The molecule has 3 heterocycles. The summed E-state index contributed by atoms with van der Waals surface area (Å²) in [7, 11) is -1.78. The van der Waals surface area contributed by atoms with E-state index in [1.807, 2.05) is 6.07 Å². The standard InChI is InChI=1S/C13H19N5O2S/c1-13(11-4-6-15-16-11)5-3-7-18(9-13)21(19,20)12-8-17(2)10-14-12/h4,6,8,10H,3,5,7,9H2,1-2H3,(H,15,16). The second-order valence-electron chi connectivity index (χ2n) is 5.85. The van der Waals surface area contributed by atoms with E-state index in [1.54, 1.807) is 17.8 Å². The third-order valence-electron chi connectivity index (χ3n) is 4.10. The molecule has 1 unspecified atom stereocenters. The summed E-state index contributed by atoms with van der Waals surface area (Å²) in [5.74, 6) is 0. The molecule has 1 aliphatic rings. The number of nitrogens with zero attached hydrogens (tertiary/aromatic N) is 4. The highest BCUT2D eigenvalue weighted by Gasteiger charge is 2.39. The minimum atomic E-state index is -3.54. The van der Waals surface area contributed by atoms with Crippen molar-refractivity contribution in [3.05, 3.63) is 30.5 Å². The van der Waals surface area contributed by atoms with Gasteiger partial charge in [0.2, 0.25) is 0 Å². The molecule has 1 fully saturated rings. The lowest BCUT2D eigenvalue weighted by Crippen LogP contribution is -2.47. The van der Waals surface area contributed by atoms with E-state index in [9.17, 15) is 8.42 Å². The minimum absolute atomic E-state index is 0.110. The molecule has 21 heavy (non-hydrogen) atoms. The van der Waals surface area contributed by atoms with Crippen LogP contribution in [0.3, 0.4) is 0 Å². The number of aromatic amines is 1. The number of aryl methyl sites for hydroxylation is 1. The molecule has 1 N–H and O–H groups in total. The molecule has 0 amide bonds. The summed E-state index contributed by atoms with van der Waals surface area (Å²) in [6.07, 6.45) is 6.50. The first-order valence-electron chi connectivity index (χ1n) is 6.90. The van der Waals surface area contributed by atoms with Crippen LogP contribution in [0.2, 0.25) is 0 Å². The van der Waals surface area contributed by atoms with Gasteiger partial charge in [-0.2, -0.15) is 9.40 Å². The van der Waals surface area contributed by atoms with Gasteiger partial charge in [0, 0.05) is 43.6 Å². The van der Waals surface area contributed by atoms with E-state index in [1.165, 1.54) is 16.8 Å². The molecule has 2 aromatic heterocycles. The number of sulfonamides is 1. The van der Waals surface area contributed by atoms with Crippen LogP contribution >= 0.6 is 0 Å². The summed E-state index contributed by atoms with van der Waals surface area (Å²) < 4.78 is 28.5. The molecule has 1 saturated heterocycles. The lowest BCUT2D eigenvalue weighted by Gasteiger charge is -2.38. The van der Waals surface area contributed by atoms with Crippen molar-refractivity contribution in [3.63, 3.8) is 0 Å². The summed E-state index contributed by atoms with van der Waals surface area (Å²) >= 11 is 0. The van der Waals surface area contributed by atoms with Gasteiger partial charge in [0.1, 0.15) is 0 Å². The van der Waals surface area contributed by atoms with Gasteiger partial charge in [0.15, 0.2) is 5.03 Å². The van der Waals surface area contributed by atoms with Crippen molar-refractivity contribution >= 4 is 10.0 Å². The van der Waals surface area contributed by atoms with E-state index in [4.69, 9.17) is 0 Å². The van der Waals surface area contributed by atoms with Crippen LogP contribution < -0.4 is 0 Å². The zero-order chi connectivity index (χ0) is 15.1. The Morgan fingerprint density at radius 3 is 2.86 bits per heavy atom. The van der Waals surface area contributed by atoms with Crippen LogP contribution in [0.1, 0.15) is 25.5 Å². The average Bonchev–Trinajstić information content (AvgIpc) is 3.10. The van der Waals surface area contributed by atoms with Crippen LogP contribution in [-0.4, -0.2) is 45.6 Å². The van der Waals surface area contributed by atoms with Crippen molar-refractivity contribution in [1.29, 1.82) is 0 Å². The number of imidazole rings is 1. The van der Waals surface area contributed by atoms with Crippen molar-refractivity contribution in [2.75, 3.05) is 13.1 Å². The van der Waals surface area contributed by atoms with E-state index in [2.05, 4.69) is 22.1 Å². The van der Waals surface area contributed by atoms with Crippen LogP contribution in [0.15, 0.2) is 29.8 Å². The van der Waals surface area contributed by atoms with Gasteiger partial charge >= 0.3 is 0 Å². The van der Waals surface area contributed by atoms with E-state index >= 15 is 0 Å². The Morgan fingerprint density at radius 2 is 2.24 bits per heavy atom. The maximum Gasteiger partial charge on any atom is 0.262 e. The Bertz CT molecular complexity index is 722. The quantitative estimate of drug-likeness (QED) is 0.912. The van der Waals surface area contributed by atoms with Crippen molar-refractivity contribution in [3.8, 4) is 0 Å². The Morgan fingerprint density at radius 1 is 1.43 bits per heavy atom. The Labute approximate surface area is 124 Å². The van der Waals surface area contributed by atoms with Gasteiger partial charge in [0.05, 0.1) is 6.33 Å². The summed E-state index contributed by atoms with van der Waals surface area (Å²) in [6.45, 7) is 3.04. The molecule has 0 saturated carbocycles. The normalized spacial score (nSPS) is 24.3. The SMILES string of the molecule is Cn1cnc(S(=O)(=O)N2CCCC(C)(c3ccn[nH]3)C2)c1. The van der Waals surface area contributed by atoms with E-state index in [-0.39, 0.29) is 10.4 Å². The zero-order valence-corrected chi connectivity index (χ0v) is 13.0. The molecule has 0 radical (unpaired) electrons. The predicted molar refractivity (Wildman–Crippen MR) is 77.1 cm³/mol. The van der Waals surface area contributed by atoms with Crippen LogP contribution in [0, 0.1) is 0 Å². The topological polar surface area (TPSA) is 83.9 Å². The minimum Gasteiger partial charge on any atom is -0.339 e. The first-order valence-corrected chi connectivity index (χ1v) is 8.34. The third-order valence-corrected chi connectivity index (χ3v) is 5.83. The summed E-state index contributed by atoms with van der Waals surface area (Å²) in [4.78, 5) is 3.99. The first kappa shape index (κ1) is 14.3.